The SMILES string of the molecule is CC(Cc1cccs1)NCc1ccc(F)c(C(F)(F)F)c1. The molecule has 1 unspecified atom stereocenters. The molecule has 6 heteroatoms. The molecule has 0 spiro atoms. The first-order chi connectivity index (χ1) is 9.86. The highest BCUT2D eigenvalue weighted by atomic mass is 32.1. The molecule has 0 amide bonds. The molecule has 0 fully saturated rings. The Hall–Kier alpha value is -1.40. The summed E-state index contributed by atoms with van der Waals surface area (Å²) in [6.45, 7) is 2.24. The van der Waals surface area contributed by atoms with Crippen molar-refractivity contribution < 1.29 is 17.6 Å². The van der Waals surface area contributed by atoms with Crippen molar-refractivity contribution in [2.24, 2.45) is 0 Å². The smallest absolute Gasteiger partial charge is 0.310 e. The molecule has 0 bridgehead atoms. The summed E-state index contributed by atoms with van der Waals surface area (Å²) in [6, 6.07) is 7.20. The number of nitrogens with one attached hydrogen (secondary N) is 1. The maximum absolute atomic E-state index is 13.2. The molecule has 1 aromatic heterocycles. The Balaban J connectivity index is 1.97. The van der Waals surface area contributed by atoms with Gasteiger partial charge in [-0.05, 0) is 42.5 Å². The number of halogens is 4. The average molecular weight is 317 g/mol. The summed E-state index contributed by atoms with van der Waals surface area (Å²) in [6.07, 6.45) is -3.85. The van der Waals surface area contributed by atoms with Crippen molar-refractivity contribution in [2.45, 2.75) is 32.1 Å². The van der Waals surface area contributed by atoms with Crippen LogP contribution in [0.2, 0.25) is 0 Å². The lowest BCUT2D eigenvalue weighted by molar-refractivity contribution is -0.140. The first kappa shape index (κ1) is 16.0. The molecule has 114 valence electrons. The number of alkyl halides is 3. The van der Waals surface area contributed by atoms with Gasteiger partial charge in [0.15, 0.2) is 0 Å². The monoisotopic (exact) mass is 317 g/mol. The number of benzene rings is 1. The minimum absolute atomic E-state index is 0.128. The second-order valence-corrected chi connectivity index (χ2v) is 5.91. The maximum Gasteiger partial charge on any atom is 0.419 e. The predicted octanol–water partition coefficient (Wildman–Crippen LogP) is 4.63. The Morgan fingerprint density at radius 1 is 1.24 bits per heavy atom. The largest absolute Gasteiger partial charge is 0.419 e. The van der Waals surface area contributed by atoms with Gasteiger partial charge in [-0.15, -0.1) is 11.3 Å². The van der Waals surface area contributed by atoms with Crippen molar-refractivity contribution in [3.8, 4) is 0 Å². The molecule has 2 rings (SSSR count). The van der Waals surface area contributed by atoms with Crippen LogP contribution in [0.1, 0.15) is 22.9 Å². The van der Waals surface area contributed by atoms with Gasteiger partial charge in [0.1, 0.15) is 5.82 Å². The van der Waals surface area contributed by atoms with Crippen LogP contribution < -0.4 is 5.32 Å². The molecule has 0 radical (unpaired) electrons. The zero-order valence-electron chi connectivity index (χ0n) is 11.4. The highest BCUT2D eigenvalue weighted by Crippen LogP contribution is 2.31. The van der Waals surface area contributed by atoms with E-state index in [-0.39, 0.29) is 12.6 Å². The molecule has 0 aliphatic heterocycles. The fourth-order valence-electron chi connectivity index (χ4n) is 1.99. The lowest BCUT2D eigenvalue weighted by atomic mass is 10.1. The van der Waals surface area contributed by atoms with Gasteiger partial charge in [0.25, 0.3) is 0 Å². The number of thiophene rings is 1. The Morgan fingerprint density at radius 2 is 2.00 bits per heavy atom. The quantitative estimate of drug-likeness (QED) is 0.793. The van der Waals surface area contributed by atoms with E-state index < -0.39 is 17.6 Å². The van der Waals surface area contributed by atoms with E-state index >= 15 is 0 Å². The summed E-state index contributed by atoms with van der Waals surface area (Å²) in [7, 11) is 0. The molecule has 1 N–H and O–H groups in total. The van der Waals surface area contributed by atoms with Gasteiger partial charge in [0.2, 0.25) is 0 Å². The van der Waals surface area contributed by atoms with Crippen LogP contribution in [0, 0.1) is 5.82 Å². The Morgan fingerprint density at radius 3 is 2.62 bits per heavy atom. The van der Waals surface area contributed by atoms with Gasteiger partial charge in [0.05, 0.1) is 5.56 Å². The van der Waals surface area contributed by atoms with Crippen molar-refractivity contribution in [3.63, 3.8) is 0 Å². The van der Waals surface area contributed by atoms with Crippen LogP contribution in [-0.2, 0) is 19.1 Å². The molecule has 1 atom stereocenters. The van der Waals surface area contributed by atoms with Crippen LogP contribution in [0.15, 0.2) is 35.7 Å². The van der Waals surface area contributed by atoms with E-state index in [1.54, 1.807) is 11.3 Å². The van der Waals surface area contributed by atoms with Crippen molar-refractivity contribution in [3.05, 3.63) is 57.5 Å². The zero-order valence-corrected chi connectivity index (χ0v) is 12.2. The van der Waals surface area contributed by atoms with Gasteiger partial charge in [-0.1, -0.05) is 12.1 Å². The first-order valence-corrected chi connectivity index (χ1v) is 7.35. The van der Waals surface area contributed by atoms with E-state index in [1.165, 1.54) is 10.9 Å². The summed E-state index contributed by atoms with van der Waals surface area (Å²) >= 11 is 1.64. The van der Waals surface area contributed by atoms with Gasteiger partial charge in [-0.2, -0.15) is 13.2 Å². The van der Waals surface area contributed by atoms with E-state index in [0.29, 0.717) is 5.56 Å². The lowest BCUT2D eigenvalue weighted by Gasteiger charge is -2.14. The Bertz CT molecular complexity index is 578. The maximum atomic E-state index is 13.2. The zero-order chi connectivity index (χ0) is 15.5. The Labute approximate surface area is 124 Å². The van der Waals surface area contributed by atoms with Crippen LogP contribution in [-0.4, -0.2) is 6.04 Å². The van der Waals surface area contributed by atoms with E-state index in [0.717, 1.165) is 18.6 Å². The second-order valence-electron chi connectivity index (χ2n) is 4.88. The van der Waals surface area contributed by atoms with Crippen molar-refractivity contribution in [2.75, 3.05) is 0 Å². The molecular weight excluding hydrogens is 302 g/mol. The van der Waals surface area contributed by atoms with Crippen LogP contribution in [0.5, 0.6) is 0 Å². The van der Waals surface area contributed by atoms with Crippen LogP contribution >= 0.6 is 11.3 Å². The summed E-state index contributed by atoms with van der Waals surface area (Å²) < 4.78 is 51.0. The molecular formula is C15H15F4NS. The van der Waals surface area contributed by atoms with E-state index in [2.05, 4.69) is 5.32 Å². The third kappa shape index (κ3) is 4.54. The first-order valence-electron chi connectivity index (χ1n) is 6.47. The minimum atomic E-state index is -4.66. The average Bonchev–Trinajstić information content (AvgIpc) is 2.89. The summed E-state index contributed by atoms with van der Waals surface area (Å²) in [5.41, 5.74) is -0.797. The van der Waals surface area contributed by atoms with Crippen LogP contribution in [0.4, 0.5) is 17.6 Å². The van der Waals surface area contributed by atoms with Crippen molar-refractivity contribution >= 4 is 11.3 Å². The van der Waals surface area contributed by atoms with Gasteiger partial charge < -0.3 is 5.32 Å². The molecule has 2 aromatic rings. The van der Waals surface area contributed by atoms with Crippen molar-refractivity contribution in [1.29, 1.82) is 0 Å². The predicted molar refractivity (Wildman–Crippen MR) is 75.7 cm³/mol. The van der Waals surface area contributed by atoms with Gasteiger partial charge >= 0.3 is 6.18 Å². The summed E-state index contributed by atoms with van der Waals surface area (Å²) in [5, 5.41) is 5.14. The van der Waals surface area contributed by atoms with E-state index in [9.17, 15) is 17.6 Å². The highest BCUT2D eigenvalue weighted by molar-refractivity contribution is 7.09. The van der Waals surface area contributed by atoms with Gasteiger partial charge in [-0.3, -0.25) is 0 Å². The van der Waals surface area contributed by atoms with Crippen LogP contribution in [0.3, 0.4) is 0 Å². The molecule has 0 aliphatic carbocycles. The third-order valence-corrected chi connectivity index (χ3v) is 3.98. The van der Waals surface area contributed by atoms with E-state index in [4.69, 9.17) is 0 Å². The van der Waals surface area contributed by atoms with Crippen molar-refractivity contribution in [1.82, 2.24) is 5.32 Å². The molecule has 0 aliphatic rings. The molecule has 1 heterocycles. The standard InChI is InChI=1S/C15H15F4NS/c1-10(7-12-3-2-6-21-12)20-9-11-4-5-14(16)13(8-11)15(17,18)19/h2-6,8,10,20H,7,9H2,1H3. The highest BCUT2D eigenvalue weighted by Gasteiger charge is 2.34. The topological polar surface area (TPSA) is 12.0 Å². The summed E-state index contributed by atoms with van der Waals surface area (Å²) in [4.78, 5) is 1.21. The lowest BCUT2D eigenvalue weighted by Crippen LogP contribution is -2.27. The molecule has 0 saturated carbocycles. The van der Waals surface area contributed by atoms with E-state index in [1.807, 2.05) is 24.4 Å². The number of rotatable bonds is 5. The fraction of sp³-hybridized carbons (Fsp3) is 0.333. The number of hydrogen-bond donors (Lipinski definition) is 1. The molecule has 1 aromatic carbocycles. The third-order valence-electron chi connectivity index (χ3n) is 3.08. The summed E-state index contributed by atoms with van der Waals surface area (Å²) in [5.74, 6) is -1.24. The molecule has 21 heavy (non-hydrogen) atoms. The second kappa shape index (κ2) is 6.58. The minimum Gasteiger partial charge on any atom is -0.310 e. The normalized spacial score (nSPS) is 13.4. The van der Waals surface area contributed by atoms with Gasteiger partial charge in [0, 0.05) is 17.5 Å². The fourth-order valence-corrected chi connectivity index (χ4v) is 2.83. The molecule has 0 saturated heterocycles. The number of hydrogen-bond acceptors (Lipinski definition) is 2. The van der Waals surface area contributed by atoms with Crippen LogP contribution in [0.25, 0.3) is 0 Å². The Kier molecular flexibility index (Phi) is 5.00. The van der Waals surface area contributed by atoms with Gasteiger partial charge in [-0.25, -0.2) is 4.39 Å². The molecule has 1 nitrogen and oxygen atoms in total.